The van der Waals surface area contributed by atoms with Gasteiger partial charge in [0.25, 0.3) is 0 Å². The van der Waals surface area contributed by atoms with Crippen LogP contribution in [0.5, 0.6) is 0 Å². The van der Waals surface area contributed by atoms with Crippen LogP contribution < -0.4 is 5.19 Å². The summed E-state index contributed by atoms with van der Waals surface area (Å²) in [5.74, 6) is 0.972. The average Bonchev–Trinajstić information content (AvgIpc) is 3.52. The van der Waals surface area contributed by atoms with Crippen molar-refractivity contribution in [2.45, 2.75) is 92.3 Å². The van der Waals surface area contributed by atoms with Crippen LogP contribution in [0.1, 0.15) is 86.8 Å². The van der Waals surface area contributed by atoms with Crippen molar-refractivity contribution in [2.75, 3.05) is 0 Å². The van der Waals surface area contributed by atoms with E-state index in [0.29, 0.717) is 11.8 Å². The molecule has 0 fully saturated rings. The Hall–Kier alpha value is -4.15. The number of benzene rings is 4. The fourth-order valence-corrected chi connectivity index (χ4v) is 8.59. The molecular weight excluding hydrogens is 841 g/mol. The summed E-state index contributed by atoms with van der Waals surface area (Å²) in [7, 11) is -1.35. The minimum atomic E-state index is -1.35. The second-order valence-corrected chi connectivity index (χ2v) is 21.4. The molecule has 0 spiro atoms. The van der Waals surface area contributed by atoms with Crippen LogP contribution in [0.15, 0.2) is 108 Å². The largest absolute Gasteiger partial charge is 0.501 e. The Balaban J connectivity index is 0.000000223. The van der Waals surface area contributed by atoms with Crippen LogP contribution in [0.4, 0.5) is 0 Å². The van der Waals surface area contributed by atoms with Crippen molar-refractivity contribution in [3.8, 4) is 22.5 Å². The summed E-state index contributed by atoms with van der Waals surface area (Å²) in [4.78, 5) is 9.34. The van der Waals surface area contributed by atoms with Crippen molar-refractivity contribution in [3.05, 3.63) is 149 Å². The Morgan fingerprint density at radius 1 is 0.736 bits per heavy atom. The second-order valence-electron chi connectivity index (χ2n) is 16.3. The molecule has 7 rings (SSSR count). The number of hydrogen-bond acceptors (Lipinski definition) is 3. The third kappa shape index (κ3) is 8.49. The monoisotopic (exact) mass is 893 g/mol. The fourth-order valence-electron chi connectivity index (χ4n) is 6.91. The zero-order valence-corrected chi connectivity index (χ0v) is 36.5. The number of aryl methyl sites for hydroxylation is 2. The topological polar surface area (TPSA) is 38.9 Å². The summed E-state index contributed by atoms with van der Waals surface area (Å²) in [6.07, 6.45) is 3.98. The van der Waals surface area contributed by atoms with Crippen molar-refractivity contribution in [1.29, 1.82) is 0 Å². The summed E-state index contributed by atoms with van der Waals surface area (Å²) >= 11 is 0. The molecule has 4 aromatic carbocycles. The van der Waals surface area contributed by atoms with E-state index >= 15 is 0 Å². The zero-order chi connectivity index (χ0) is 37.4. The first-order chi connectivity index (χ1) is 24.6. The van der Waals surface area contributed by atoms with Crippen molar-refractivity contribution in [3.63, 3.8) is 0 Å². The number of pyridine rings is 2. The number of aromatic nitrogens is 2. The van der Waals surface area contributed by atoms with E-state index in [2.05, 4.69) is 183 Å². The van der Waals surface area contributed by atoms with Gasteiger partial charge in [-0.3, -0.25) is 0 Å². The van der Waals surface area contributed by atoms with E-state index in [1.807, 2.05) is 12.3 Å². The molecule has 3 aromatic heterocycles. The van der Waals surface area contributed by atoms with Gasteiger partial charge in [-0.15, -0.1) is 53.1 Å². The molecule has 5 heteroatoms. The Labute approximate surface area is 331 Å². The fraction of sp³-hybridized carbons (Fsp3) is 0.292. The minimum absolute atomic E-state index is 0. The Morgan fingerprint density at radius 2 is 1.47 bits per heavy atom. The Bertz CT molecular complexity index is 2330. The standard InChI is InChI=1S/C30H28NO.C18H24NSi.Ir/c1-19(2)21-15-16-31-26(17-21)24-13-11-20(3)28-25-14-12-23(18-27(25)32-29(24)28)30(4,5)22-9-7-6-8-10-22;1-13(2)16-11-17(15-9-7-14(3)8-10-15)19-12-18(16)20(4,5)6;/h6-12,14-19H,1-5H3;7-9,11-13H,1-6H3;/q2*-1;. The molecule has 0 aliphatic carbocycles. The van der Waals surface area contributed by atoms with Gasteiger partial charge in [0.05, 0.1) is 13.7 Å². The smallest absolute Gasteiger partial charge is 0.121 e. The average molecular weight is 893 g/mol. The predicted molar refractivity (Wildman–Crippen MR) is 223 cm³/mol. The van der Waals surface area contributed by atoms with Gasteiger partial charge < -0.3 is 14.4 Å². The molecular formula is C48H52IrN2OSi-2. The SMILES string of the molecule is Cc1c[c-]c(-c2cc(C(C)C)c([Si](C)(C)C)cn2)cc1.Cc1c[c-]c(-c2cc(C(C)C)ccn2)c2oc3cc(C(C)(C)c4ccccc4)ccc3c12.[Ir]. The van der Waals surface area contributed by atoms with Gasteiger partial charge >= 0.3 is 0 Å². The van der Waals surface area contributed by atoms with E-state index < -0.39 is 8.07 Å². The van der Waals surface area contributed by atoms with E-state index in [9.17, 15) is 0 Å². The van der Waals surface area contributed by atoms with E-state index in [4.69, 9.17) is 9.40 Å². The summed E-state index contributed by atoms with van der Waals surface area (Å²) in [5.41, 5.74) is 13.2. The molecule has 3 heterocycles. The van der Waals surface area contributed by atoms with Crippen LogP contribution in [-0.4, -0.2) is 18.0 Å². The van der Waals surface area contributed by atoms with Crippen LogP contribution in [0, 0.1) is 26.0 Å². The molecule has 0 aliphatic rings. The molecule has 7 aromatic rings. The number of rotatable bonds is 7. The summed E-state index contributed by atoms with van der Waals surface area (Å²) < 4.78 is 6.52. The van der Waals surface area contributed by atoms with Crippen molar-refractivity contribution >= 4 is 35.2 Å². The van der Waals surface area contributed by atoms with Gasteiger partial charge in [-0.1, -0.05) is 152 Å². The number of nitrogens with zero attached hydrogens (tertiary/aromatic N) is 2. The molecule has 0 saturated carbocycles. The van der Waals surface area contributed by atoms with E-state index in [-0.39, 0.29) is 25.5 Å². The third-order valence-corrected chi connectivity index (χ3v) is 12.3. The first kappa shape index (κ1) is 40.0. The molecule has 275 valence electrons. The predicted octanol–water partition coefficient (Wildman–Crippen LogP) is 12.7. The van der Waals surface area contributed by atoms with Gasteiger partial charge in [0.15, 0.2) is 0 Å². The zero-order valence-electron chi connectivity index (χ0n) is 33.1. The van der Waals surface area contributed by atoms with Gasteiger partial charge in [-0.25, -0.2) is 0 Å². The second kappa shape index (κ2) is 16.1. The number of furan rings is 1. The normalized spacial score (nSPS) is 11.9. The van der Waals surface area contributed by atoms with Gasteiger partial charge in [0, 0.05) is 43.3 Å². The van der Waals surface area contributed by atoms with E-state index in [0.717, 1.165) is 50.0 Å². The molecule has 1 radical (unpaired) electrons. The van der Waals surface area contributed by atoms with E-state index in [1.54, 1.807) is 0 Å². The molecule has 0 bridgehead atoms. The molecule has 0 unspecified atom stereocenters. The Kier molecular flexibility index (Phi) is 12.1. The van der Waals surface area contributed by atoms with Crippen LogP contribution in [0.3, 0.4) is 0 Å². The van der Waals surface area contributed by atoms with Crippen molar-refractivity contribution < 1.29 is 24.5 Å². The van der Waals surface area contributed by atoms with Crippen LogP contribution in [-0.2, 0) is 25.5 Å². The molecule has 53 heavy (non-hydrogen) atoms. The van der Waals surface area contributed by atoms with Crippen molar-refractivity contribution in [2.24, 2.45) is 0 Å². The van der Waals surface area contributed by atoms with Gasteiger partial charge in [0.1, 0.15) is 5.58 Å². The molecule has 0 amide bonds. The molecule has 0 atom stereocenters. The van der Waals surface area contributed by atoms with Gasteiger partial charge in [-0.2, -0.15) is 0 Å². The minimum Gasteiger partial charge on any atom is -0.501 e. The van der Waals surface area contributed by atoms with E-state index in [1.165, 1.54) is 33.0 Å². The number of fused-ring (bicyclic) bond motifs is 3. The maximum Gasteiger partial charge on any atom is 0.121 e. The molecule has 0 aliphatic heterocycles. The van der Waals surface area contributed by atoms with Gasteiger partial charge in [0.2, 0.25) is 0 Å². The maximum atomic E-state index is 6.52. The summed E-state index contributed by atoms with van der Waals surface area (Å²) in [6, 6.07) is 38.8. The molecule has 3 nitrogen and oxygen atoms in total. The van der Waals surface area contributed by atoms with Crippen LogP contribution in [0.25, 0.3) is 44.5 Å². The van der Waals surface area contributed by atoms with Crippen molar-refractivity contribution in [1.82, 2.24) is 9.97 Å². The molecule has 0 saturated heterocycles. The van der Waals surface area contributed by atoms with Crippen LogP contribution in [0.2, 0.25) is 19.6 Å². The first-order valence-corrected chi connectivity index (χ1v) is 22.0. The maximum absolute atomic E-state index is 6.52. The molecule has 0 N–H and O–H groups in total. The third-order valence-electron chi connectivity index (χ3n) is 10.3. The van der Waals surface area contributed by atoms with Gasteiger partial charge in [-0.05, 0) is 51.7 Å². The number of hydrogen-bond donors (Lipinski definition) is 0. The quantitative estimate of drug-likeness (QED) is 0.118. The Morgan fingerprint density at radius 3 is 2.11 bits per heavy atom. The summed E-state index contributed by atoms with van der Waals surface area (Å²) in [5, 5.41) is 3.76. The first-order valence-electron chi connectivity index (χ1n) is 18.5. The summed E-state index contributed by atoms with van der Waals surface area (Å²) in [6.45, 7) is 24.8. The van der Waals surface area contributed by atoms with Crippen LogP contribution >= 0.6 is 0 Å².